The van der Waals surface area contributed by atoms with Gasteiger partial charge in [0.05, 0.1) is 24.6 Å². The van der Waals surface area contributed by atoms with Gasteiger partial charge in [0.2, 0.25) is 0 Å². The third kappa shape index (κ3) is 8.52. The molecule has 3 N–H and O–H groups in total. The molecule has 0 aliphatic heterocycles. The fourth-order valence-corrected chi connectivity index (χ4v) is 4.15. The lowest BCUT2D eigenvalue weighted by Gasteiger charge is -2.09. The summed E-state index contributed by atoms with van der Waals surface area (Å²) >= 11 is 0. The molecule has 0 bridgehead atoms. The van der Waals surface area contributed by atoms with Crippen molar-refractivity contribution in [1.82, 2.24) is 18.8 Å². The van der Waals surface area contributed by atoms with E-state index in [0.29, 0.717) is 0 Å². The van der Waals surface area contributed by atoms with Crippen molar-refractivity contribution in [1.29, 1.82) is 0 Å². The second kappa shape index (κ2) is 15.9. The molecule has 0 saturated carbocycles. The number of pyridine rings is 2. The van der Waals surface area contributed by atoms with E-state index in [1.165, 1.54) is 0 Å². The quantitative estimate of drug-likeness (QED) is 0.205. The van der Waals surface area contributed by atoms with Gasteiger partial charge in [-0.15, -0.1) is 0 Å². The molecule has 0 spiro atoms. The predicted molar refractivity (Wildman–Crippen MR) is 180 cm³/mol. The second-order valence-corrected chi connectivity index (χ2v) is 9.33. The first-order chi connectivity index (χ1) is 20.9. The van der Waals surface area contributed by atoms with Gasteiger partial charge in [-0.25, -0.2) is 9.97 Å². The molecule has 4 heterocycles. The van der Waals surface area contributed by atoms with Crippen LogP contribution in [0, 0.1) is 0 Å². The van der Waals surface area contributed by atoms with Crippen LogP contribution >= 0.6 is 0 Å². The number of nitrogens with two attached hydrogens (primary N) is 1. The van der Waals surface area contributed by atoms with Crippen LogP contribution in [-0.2, 0) is 0 Å². The first-order valence-electron chi connectivity index (χ1n) is 14.7. The van der Waals surface area contributed by atoms with Gasteiger partial charge in [-0.3, -0.25) is 0 Å². The molecule has 2 aromatic carbocycles. The summed E-state index contributed by atoms with van der Waals surface area (Å²) in [5, 5.41) is 3.11. The molecule has 0 atom stereocenters. The van der Waals surface area contributed by atoms with Gasteiger partial charge in [-0.05, 0) is 74.5 Å². The molecule has 8 nitrogen and oxygen atoms in total. The van der Waals surface area contributed by atoms with Gasteiger partial charge in [0.1, 0.15) is 22.8 Å². The first kappa shape index (κ1) is 32.5. The molecular formula is C35H44N6O2. The Kier molecular flexibility index (Phi) is 12.0. The zero-order chi connectivity index (χ0) is 31.4. The summed E-state index contributed by atoms with van der Waals surface area (Å²) in [6.45, 7) is 12.0. The maximum Gasteiger partial charge on any atom is 0.139 e. The van der Waals surface area contributed by atoms with E-state index >= 15 is 0 Å². The fourth-order valence-electron chi connectivity index (χ4n) is 4.15. The summed E-state index contributed by atoms with van der Waals surface area (Å²) in [4.78, 5) is 9.21. The fraction of sp³-hybridized carbons (Fsp3) is 0.257. The van der Waals surface area contributed by atoms with E-state index in [1.54, 1.807) is 7.11 Å². The topological polar surface area (TPSA) is 91.1 Å². The molecule has 0 amide bonds. The number of nitrogen functional groups attached to an aromatic ring is 1. The Morgan fingerprint density at radius 1 is 0.698 bits per heavy atom. The highest BCUT2D eigenvalue weighted by Gasteiger charge is 2.07. The van der Waals surface area contributed by atoms with Crippen molar-refractivity contribution in [2.45, 2.75) is 47.6 Å². The van der Waals surface area contributed by atoms with E-state index in [2.05, 4.69) is 15.3 Å². The molecule has 0 unspecified atom stereocenters. The average molecular weight is 581 g/mol. The van der Waals surface area contributed by atoms with Crippen molar-refractivity contribution in [3.63, 3.8) is 0 Å². The third-order valence-corrected chi connectivity index (χ3v) is 6.14. The van der Waals surface area contributed by atoms with E-state index in [4.69, 9.17) is 15.2 Å². The standard InChI is InChI=1S/C16H17N3O.C15H15N3O.2C2H6/c1-11(2)20-14-5-3-12(4-6-14)15-10-19-8-7-13(17)9-16(19)18-15;1-16-12-7-8-18-10-14(17-15(18)9-12)11-3-5-13(19-2)6-4-11;2*1-2/h3-11H,17H2,1-2H3;3-10,16H,1-2H3;2*1-2H3. The minimum absolute atomic E-state index is 0.180. The van der Waals surface area contributed by atoms with Crippen LogP contribution in [-0.4, -0.2) is 39.0 Å². The van der Waals surface area contributed by atoms with E-state index in [1.807, 2.05) is 155 Å². The van der Waals surface area contributed by atoms with Crippen molar-refractivity contribution in [3.05, 3.63) is 97.6 Å². The largest absolute Gasteiger partial charge is 0.497 e. The van der Waals surface area contributed by atoms with Crippen molar-refractivity contribution < 1.29 is 9.47 Å². The zero-order valence-electron chi connectivity index (χ0n) is 26.5. The molecule has 0 aliphatic carbocycles. The van der Waals surface area contributed by atoms with E-state index in [9.17, 15) is 0 Å². The molecule has 0 radical (unpaired) electrons. The number of hydrogen-bond donors (Lipinski definition) is 2. The van der Waals surface area contributed by atoms with Crippen LogP contribution in [0.4, 0.5) is 11.4 Å². The minimum atomic E-state index is 0.180. The maximum absolute atomic E-state index is 5.77. The lowest BCUT2D eigenvalue weighted by atomic mass is 10.1. The van der Waals surface area contributed by atoms with Gasteiger partial charge in [0.25, 0.3) is 0 Å². The Bertz CT molecular complexity index is 1690. The molecule has 0 fully saturated rings. The average Bonchev–Trinajstić information content (AvgIpc) is 3.67. The van der Waals surface area contributed by atoms with E-state index in [0.717, 1.165) is 56.7 Å². The highest BCUT2D eigenvalue weighted by molar-refractivity contribution is 5.66. The SMILES string of the molecule is CC.CC.CC(C)Oc1ccc(-c2cn3ccc(N)cc3n2)cc1.CNc1ccn2cc(-c3ccc(OC)cc3)nc2c1. The van der Waals surface area contributed by atoms with Gasteiger partial charge >= 0.3 is 0 Å². The van der Waals surface area contributed by atoms with Crippen LogP contribution in [0.3, 0.4) is 0 Å². The van der Waals surface area contributed by atoms with E-state index in [-0.39, 0.29) is 6.10 Å². The number of aromatic nitrogens is 4. The van der Waals surface area contributed by atoms with Gasteiger partial charge in [0, 0.05) is 66.5 Å². The Hall–Kier alpha value is -4.98. The Balaban J connectivity index is 0.000000212. The maximum atomic E-state index is 5.77. The summed E-state index contributed by atoms with van der Waals surface area (Å²) in [7, 11) is 3.57. The Morgan fingerprint density at radius 2 is 1.19 bits per heavy atom. The number of methoxy groups -OCH3 is 1. The predicted octanol–water partition coefficient (Wildman–Crippen LogP) is 8.47. The number of fused-ring (bicyclic) bond motifs is 2. The Labute approximate surface area is 255 Å². The van der Waals surface area contributed by atoms with E-state index < -0.39 is 0 Å². The van der Waals surface area contributed by atoms with Crippen LogP contribution in [0.2, 0.25) is 0 Å². The van der Waals surface area contributed by atoms with Crippen molar-refractivity contribution in [2.75, 3.05) is 25.2 Å². The third-order valence-electron chi connectivity index (χ3n) is 6.14. The molecule has 6 rings (SSSR count). The number of benzene rings is 2. The molecule has 0 aliphatic rings. The zero-order valence-corrected chi connectivity index (χ0v) is 26.5. The summed E-state index contributed by atoms with van der Waals surface area (Å²) in [6, 6.07) is 23.6. The second-order valence-electron chi connectivity index (χ2n) is 9.33. The van der Waals surface area contributed by atoms with Gasteiger partial charge in [-0.2, -0.15) is 0 Å². The molecule has 226 valence electrons. The number of anilines is 2. The lowest BCUT2D eigenvalue weighted by molar-refractivity contribution is 0.242. The highest BCUT2D eigenvalue weighted by atomic mass is 16.5. The summed E-state index contributed by atoms with van der Waals surface area (Å²) in [6.07, 6.45) is 8.11. The number of ether oxygens (including phenoxy) is 2. The van der Waals surface area contributed by atoms with Crippen LogP contribution in [0.1, 0.15) is 41.5 Å². The number of hydrogen-bond acceptors (Lipinski definition) is 6. The molecule has 8 heteroatoms. The summed E-state index contributed by atoms with van der Waals surface area (Å²) < 4.78 is 14.8. The van der Waals surface area contributed by atoms with Gasteiger partial charge in [-0.1, -0.05) is 27.7 Å². The van der Waals surface area contributed by atoms with Gasteiger partial charge < -0.3 is 29.3 Å². The molecule has 0 saturated heterocycles. The molecule has 43 heavy (non-hydrogen) atoms. The number of imidazole rings is 2. The van der Waals surface area contributed by atoms with Crippen molar-refractivity contribution in [3.8, 4) is 34.0 Å². The minimum Gasteiger partial charge on any atom is -0.497 e. The number of nitrogens with one attached hydrogen (secondary N) is 1. The monoisotopic (exact) mass is 580 g/mol. The van der Waals surface area contributed by atoms with Crippen molar-refractivity contribution in [2.24, 2.45) is 0 Å². The van der Waals surface area contributed by atoms with Gasteiger partial charge in [0.15, 0.2) is 0 Å². The van der Waals surface area contributed by atoms with Crippen LogP contribution in [0.25, 0.3) is 33.8 Å². The highest BCUT2D eigenvalue weighted by Crippen LogP contribution is 2.24. The Morgan fingerprint density at radius 3 is 1.67 bits per heavy atom. The summed E-state index contributed by atoms with van der Waals surface area (Å²) in [5.41, 5.74) is 13.3. The summed E-state index contributed by atoms with van der Waals surface area (Å²) in [5.74, 6) is 1.72. The number of rotatable bonds is 6. The van der Waals surface area contributed by atoms with Crippen LogP contribution in [0.5, 0.6) is 11.5 Å². The van der Waals surface area contributed by atoms with Crippen LogP contribution < -0.4 is 20.5 Å². The molecular weight excluding hydrogens is 536 g/mol. The molecule has 6 aromatic rings. The lowest BCUT2D eigenvalue weighted by Crippen LogP contribution is -2.05. The normalized spacial score (nSPS) is 10.2. The molecule has 4 aromatic heterocycles. The smallest absolute Gasteiger partial charge is 0.139 e. The van der Waals surface area contributed by atoms with Crippen molar-refractivity contribution >= 4 is 22.7 Å². The van der Waals surface area contributed by atoms with Crippen LogP contribution in [0.15, 0.2) is 97.6 Å². The number of nitrogens with zero attached hydrogens (tertiary/aromatic N) is 4. The first-order valence-corrected chi connectivity index (χ1v) is 14.7.